The van der Waals surface area contributed by atoms with Gasteiger partial charge in [0, 0.05) is 11.6 Å². The fraction of sp³-hybridized carbons (Fsp3) is 0.273. The standard InChI is InChI=1S/C22H25NO5/c1-5-27-19-9-7-6-8-17(19)11-13-21(24)28-16(3)22(25)23-18-14-15(2)10-12-20(18)26-4/h6-14,16H,5H2,1-4H3,(H,23,25)/b13-11+. The van der Waals surface area contributed by atoms with Crippen LogP contribution in [0.15, 0.2) is 48.5 Å². The maximum atomic E-state index is 12.4. The fourth-order valence-corrected chi connectivity index (χ4v) is 2.48. The molecule has 0 bridgehead atoms. The van der Waals surface area contributed by atoms with Gasteiger partial charge in [-0.25, -0.2) is 4.79 Å². The molecular formula is C22H25NO5. The van der Waals surface area contributed by atoms with E-state index in [4.69, 9.17) is 14.2 Å². The lowest BCUT2D eigenvalue weighted by Gasteiger charge is -2.15. The van der Waals surface area contributed by atoms with Crippen LogP contribution in [0.2, 0.25) is 0 Å². The number of carbonyl (C=O) groups excluding carboxylic acids is 2. The number of ether oxygens (including phenoxy) is 3. The normalized spacial score (nSPS) is 11.7. The molecule has 0 radical (unpaired) electrons. The van der Waals surface area contributed by atoms with Gasteiger partial charge in [-0.05, 0) is 50.6 Å². The first kappa shape index (κ1) is 21.0. The molecule has 6 nitrogen and oxygen atoms in total. The smallest absolute Gasteiger partial charge is 0.331 e. The van der Waals surface area contributed by atoms with Crippen LogP contribution in [0.1, 0.15) is 25.0 Å². The SMILES string of the molecule is CCOc1ccccc1/C=C/C(=O)OC(C)C(=O)Nc1cc(C)ccc1OC. The molecule has 0 aliphatic carbocycles. The number of amides is 1. The minimum atomic E-state index is -0.968. The number of benzene rings is 2. The molecule has 0 aliphatic heterocycles. The molecule has 28 heavy (non-hydrogen) atoms. The topological polar surface area (TPSA) is 73.9 Å². The van der Waals surface area contributed by atoms with Crippen LogP contribution >= 0.6 is 0 Å². The molecule has 1 amide bonds. The van der Waals surface area contributed by atoms with E-state index in [-0.39, 0.29) is 0 Å². The third-order valence-electron chi connectivity index (χ3n) is 3.89. The third kappa shape index (κ3) is 5.87. The van der Waals surface area contributed by atoms with Crippen molar-refractivity contribution in [3.63, 3.8) is 0 Å². The Bertz CT molecular complexity index is 860. The average Bonchev–Trinajstić information content (AvgIpc) is 2.67. The maximum Gasteiger partial charge on any atom is 0.331 e. The number of hydrogen-bond donors (Lipinski definition) is 1. The van der Waals surface area contributed by atoms with Gasteiger partial charge in [0.25, 0.3) is 5.91 Å². The summed E-state index contributed by atoms with van der Waals surface area (Å²) in [6.07, 6.45) is 1.90. The van der Waals surface area contributed by atoms with Gasteiger partial charge in [0.1, 0.15) is 11.5 Å². The number of esters is 1. The highest BCUT2D eigenvalue weighted by Gasteiger charge is 2.18. The van der Waals surface area contributed by atoms with E-state index in [0.29, 0.717) is 23.8 Å². The summed E-state index contributed by atoms with van der Waals surface area (Å²) in [6.45, 7) is 5.83. The zero-order chi connectivity index (χ0) is 20.5. The lowest BCUT2D eigenvalue weighted by molar-refractivity contribution is -0.148. The molecule has 1 N–H and O–H groups in total. The first-order valence-corrected chi connectivity index (χ1v) is 9.00. The van der Waals surface area contributed by atoms with Crippen LogP contribution in [0.4, 0.5) is 5.69 Å². The summed E-state index contributed by atoms with van der Waals surface area (Å²) < 4.78 is 15.9. The monoisotopic (exact) mass is 383 g/mol. The first-order chi connectivity index (χ1) is 13.4. The largest absolute Gasteiger partial charge is 0.495 e. The van der Waals surface area contributed by atoms with Gasteiger partial charge in [-0.15, -0.1) is 0 Å². The highest BCUT2D eigenvalue weighted by molar-refractivity contribution is 5.97. The zero-order valence-electron chi connectivity index (χ0n) is 16.5. The fourth-order valence-electron chi connectivity index (χ4n) is 2.48. The Labute approximate surface area is 165 Å². The molecule has 0 aromatic heterocycles. The van der Waals surface area contributed by atoms with Crippen molar-refractivity contribution in [1.29, 1.82) is 0 Å². The van der Waals surface area contributed by atoms with Gasteiger partial charge in [0.2, 0.25) is 0 Å². The summed E-state index contributed by atoms with van der Waals surface area (Å²) in [4.78, 5) is 24.4. The summed E-state index contributed by atoms with van der Waals surface area (Å²) in [7, 11) is 1.52. The minimum Gasteiger partial charge on any atom is -0.495 e. The van der Waals surface area contributed by atoms with E-state index in [2.05, 4.69) is 5.32 Å². The number of carbonyl (C=O) groups is 2. The van der Waals surface area contributed by atoms with Gasteiger partial charge < -0.3 is 19.5 Å². The van der Waals surface area contributed by atoms with E-state index in [9.17, 15) is 9.59 Å². The molecule has 148 valence electrons. The third-order valence-corrected chi connectivity index (χ3v) is 3.89. The van der Waals surface area contributed by atoms with Crippen molar-refractivity contribution >= 4 is 23.6 Å². The van der Waals surface area contributed by atoms with Crippen LogP contribution in [-0.4, -0.2) is 31.7 Å². The predicted molar refractivity (Wildman–Crippen MR) is 109 cm³/mol. The number of anilines is 1. The molecule has 0 spiro atoms. The predicted octanol–water partition coefficient (Wildman–Crippen LogP) is 3.99. The van der Waals surface area contributed by atoms with E-state index in [1.807, 2.05) is 44.2 Å². The molecule has 2 aromatic rings. The van der Waals surface area contributed by atoms with Gasteiger partial charge in [-0.3, -0.25) is 4.79 Å². The Morgan fingerprint density at radius 3 is 2.61 bits per heavy atom. The lowest BCUT2D eigenvalue weighted by atomic mass is 10.2. The quantitative estimate of drug-likeness (QED) is 0.551. The van der Waals surface area contributed by atoms with E-state index in [1.165, 1.54) is 20.1 Å². The van der Waals surface area contributed by atoms with Gasteiger partial charge in [-0.1, -0.05) is 24.3 Å². The Balaban J connectivity index is 1.98. The molecule has 0 aliphatic rings. The first-order valence-electron chi connectivity index (χ1n) is 9.00. The number of aryl methyl sites for hydroxylation is 1. The molecule has 0 fully saturated rings. The van der Waals surface area contributed by atoms with Gasteiger partial charge in [-0.2, -0.15) is 0 Å². The highest BCUT2D eigenvalue weighted by atomic mass is 16.5. The van der Waals surface area contributed by atoms with Crippen LogP contribution in [0.3, 0.4) is 0 Å². The van der Waals surface area contributed by atoms with Gasteiger partial charge in [0.15, 0.2) is 6.10 Å². The van der Waals surface area contributed by atoms with Crippen molar-refractivity contribution < 1.29 is 23.8 Å². The Hall–Kier alpha value is -3.28. The van der Waals surface area contributed by atoms with Crippen molar-refractivity contribution in [2.45, 2.75) is 26.9 Å². The summed E-state index contributed by atoms with van der Waals surface area (Å²) in [5.74, 6) is 0.141. The molecular weight excluding hydrogens is 358 g/mol. The molecule has 2 rings (SSSR count). The van der Waals surface area contributed by atoms with Crippen molar-refractivity contribution in [2.75, 3.05) is 19.0 Å². The molecule has 0 saturated heterocycles. The zero-order valence-corrected chi connectivity index (χ0v) is 16.5. The summed E-state index contributed by atoms with van der Waals surface area (Å²) >= 11 is 0. The van der Waals surface area contributed by atoms with Gasteiger partial charge in [0.05, 0.1) is 19.4 Å². The molecule has 2 aromatic carbocycles. The highest BCUT2D eigenvalue weighted by Crippen LogP contribution is 2.25. The number of rotatable bonds is 8. The molecule has 0 saturated carbocycles. The van der Waals surface area contributed by atoms with Crippen LogP contribution in [0, 0.1) is 6.92 Å². The second kappa shape index (κ2) is 10.2. The Morgan fingerprint density at radius 2 is 1.89 bits per heavy atom. The van der Waals surface area contributed by atoms with Crippen LogP contribution in [0.25, 0.3) is 6.08 Å². The number of nitrogens with one attached hydrogen (secondary N) is 1. The number of hydrogen-bond acceptors (Lipinski definition) is 5. The van der Waals surface area contributed by atoms with Crippen molar-refractivity contribution in [1.82, 2.24) is 0 Å². The van der Waals surface area contributed by atoms with E-state index in [0.717, 1.165) is 11.1 Å². The molecule has 1 unspecified atom stereocenters. The number of para-hydroxylation sites is 1. The summed E-state index contributed by atoms with van der Waals surface area (Å²) in [5, 5.41) is 2.72. The minimum absolute atomic E-state index is 0.444. The van der Waals surface area contributed by atoms with Crippen LogP contribution < -0.4 is 14.8 Å². The summed E-state index contributed by atoms with van der Waals surface area (Å²) in [5.41, 5.74) is 2.25. The average molecular weight is 383 g/mol. The van der Waals surface area contributed by atoms with E-state index >= 15 is 0 Å². The van der Waals surface area contributed by atoms with Gasteiger partial charge >= 0.3 is 5.97 Å². The second-order valence-electron chi connectivity index (χ2n) is 6.08. The van der Waals surface area contributed by atoms with E-state index in [1.54, 1.807) is 18.2 Å². The maximum absolute atomic E-state index is 12.4. The Morgan fingerprint density at radius 1 is 1.14 bits per heavy atom. The van der Waals surface area contributed by atoms with Crippen molar-refractivity contribution in [3.8, 4) is 11.5 Å². The van der Waals surface area contributed by atoms with E-state index < -0.39 is 18.0 Å². The van der Waals surface area contributed by atoms with Crippen LogP contribution in [0.5, 0.6) is 11.5 Å². The Kier molecular flexibility index (Phi) is 7.63. The molecule has 1 atom stereocenters. The second-order valence-corrected chi connectivity index (χ2v) is 6.08. The summed E-state index contributed by atoms with van der Waals surface area (Å²) in [6, 6.07) is 12.8. The molecule has 6 heteroatoms. The number of methoxy groups -OCH3 is 1. The lowest BCUT2D eigenvalue weighted by Crippen LogP contribution is -2.29. The molecule has 0 heterocycles. The van der Waals surface area contributed by atoms with Crippen molar-refractivity contribution in [2.24, 2.45) is 0 Å². The van der Waals surface area contributed by atoms with Crippen LogP contribution in [-0.2, 0) is 14.3 Å². The van der Waals surface area contributed by atoms with Crippen molar-refractivity contribution in [3.05, 3.63) is 59.7 Å².